The number of hydrogen-bond acceptors (Lipinski definition) is 3. The summed E-state index contributed by atoms with van der Waals surface area (Å²) in [4.78, 5) is -1.26. The van der Waals surface area contributed by atoms with Crippen LogP contribution in [-0.2, 0) is 10.0 Å². The maximum atomic E-state index is 13.2. The van der Waals surface area contributed by atoms with Crippen LogP contribution in [0, 0.1) is 22.9 Å². The Bertz CT molecular complexity index is 551. The minimum absolute atomic E-state index is 0.107. The van der Waals surface area contributed by atoms with Gasteiger partial charge >= 0.3 is 0 Å². The molecule has 0 radical (unpaired) electrons. The first-order valence-electron chi connectivity index (χ1n) is 4.71. The molecule has 0 bridgehead atoms. The van der Waals surface area contributed by atoms with Crippen LogP contribution >= 0.6 is 0 Å². The molecule has 9 heteroatoms. The fourth-order valence-electron chi connectivity index (χ4n) is 1.18. The van der Waals surface area contributed by atoms with Crippen molar-refractivity contribution in [1.29, 1.82) is 5.41 Å². The van der Waals surface area contributed by atoms with Gasteiger partial charge in [0.2, 0.25) is 10.0 Å². The highest BCUT2D eigenvalue weighted by Crippen LogP contribution is 2.19. The zero-order valence-electron chi connectivity index (χ0n) is 9.00. The first kappa shape index (κ1) is 14.5. The van der Waals surface area contributed by atoms with Gasteiger partial charge in [-0.15, -0.1) is 0 Å². The summed E-state index contributed by atoms with van der Waals surface area (Å²) in [6.07, 6.45) is -0.107. The molecule has 0 atom stereocenters. The Hall–Kier alpha value is -1.61. The van der Waals surface area contributed by atoms with Gasteiger partial charge in [0.25, 0.3) is 0 Å². The van der Waals surface area contributed by atoms with E-state index in [1.807, 2.05) is 4.72 Å². The predicted molar refractivity (Wildman–Crippen MR) is 58.0 cm³/mol. The van der Waals surface area contributed by atoms with E-state index in [4.69, 9.17) is 11.1 Å². The van der Waals surface area contributed by atoms with E-state index in [9.17, 15) is 21.6 Å². The Balaban J connectivity index is 3.02. The van der Waals surface area contributed by atoms with Crippen molar-refractivity contribution in [3.8, 4) is 0 Å². The number of nitrogens with one attached hydrogen (secondary N) is 2. The molecule has 1 rings (SSSR count). The van der Waals surface area contributed by atoms with Crippen molar-refractivity contribution in [1.82, 2.24) is 4.72 Å². The van der Waals surface area contributed by atoms with Gasteiger partial charge in [-0.1, -0.05) is 0 Å². The second-order valence-electron chi connectivity index (χ2n) is 3.37. The van der Waals surface area contributed by atoms with E-state index in [0.29, 0.717) is 0 Å². The van der Waals surface area contributed by atoms with Gasteiger partial charge in [-0.3, -0.25) is 5.41 Å². The number of amidine groups is 1. The molecule has 1 aromatic rings. The van der Waals surface area contributed by atoms with Crippen molar-refractivity contribution in [2.24, 2.45) is 5.73 Å². The van der Waals surface area contributed by atoms with Crippen molar-refractivity contribution in [2.45, 2.75) is 11.3 Å². The van der Waals surface area contributed by atoms with Crippen molar-refractivity contribution in [3.05, 3.63) is 29.6 Å². The molecule has 0 fully saturated rings. The predicted octanol–water partition coefficient (Wildman–Crippen LogP) is 0.708. The van der Waals surface area contributed by atoms with Crippen molar-refractivity contribution < 1.29 is 21.6 Å². The first-order valence-corrected chi connectivity index (χ1v) is 6.19. The molecule has 0 saturated heterocycles. The molecule has 0 aromatic heterocycles. The van der Waals surface area contributed by atoms with Crippen LogP contribution in [0.2, 0.25) is 0 Å². The normalized spacial score (nSPS) is 11.5. The van der Waals surface area contributed by atoms with Gasteiger partial charge in [0.15, 0.2) is 4.90 Å². The highest BCUT2D eigenvalue weighted by atomic mass is 32.2. The quantitative estimate of drug-likeness (QED) is 0.547. The molecule has 1 aromatic carbocycles. The Kier molecular flexibility index (Phi) is 4.30. The summed E-state index contributed by atoms with van der Waals surface area (Å²) >= 11 is 0. The van der Waals surface area contributed by atoms with Crippen LogP contribution in [-0.4, -0.2) is 20.8 Å². The first-order chi connectivity index (χ1) is 8.24. The van der Waals surface area contributed by atoms with Crippen molar-refractivity contribution >= 4 is 15.9 Å². The molecule has 0 aliphatic carbocycles. The van der Waals surface area contributed by atoms with Crippen LogP contribution in [0.1, 0.15) is 6.42 Å². The van der Waals surface area contributed by atoms with E-state index in [1.54, 1.807) is 0 Å². The second kappa shape index (κ2) is 5.36. The standard InChI is InChI=1S/C9H10F3N3O2S/c10-5-3-6(11)9(7(12)4-5)18(16,17)15-2-1-8(13)14/h3-4,15H,1-2H2,(H3,13,14). The molecule has 0 aliphatic heterocycles. The third-order valence-corrected chi connectivity index (χ3v) is 3.43. The van der Waals surface area contributed by atoms with Crippen LogP contribution in [0.25, 0.3) is 0 Å². The van der Waals surface area contributed by atoms with E-state index in [1.165, 1.54) is 0 Å². The second-order valence-corrected chi connectivity index (χ2v) is 5.08. The van der Waals surface area contributed by atoms with Gasteiger partial charge in [0.1, 0.15) is 17.5 Å². The number of sulfonamides is 1. The molecule has 0 amide bonds. The summed E-state index contributed by atoms with van der Waals surface area (Å²) in [7, 11) is -4.45. The third kappa shape index (κ3) is 3.44. The molecular formula is C9H10F3N3O2S. The Morgan fingerprint density at radius 3 is 2.22 bits per heavy atom. The lowest BCUT2D eigenvalue weighted by Gasteiger charge is -2.08. The van der Waals surface area contributed by atoms with E-state index in [2.05, 4.69) is 0 Å². The summed E-state index contributed by atoms with van der Waals surface area (Å²) in [6, 6.07) is 0.533. The Morgan fingerprint density at radius 1 is 1.28 bits per heavy atom. The maximum Gasteiger partial charge on any atom is 0.246 e. The molecule has 0 saturated carbocycles. The SMILES string of the molecule is N=C(N)CCNS(=O)(=O)c1c(F)cc(F)cc1F. The van der Waals surface area contributed by atoms with E-state index in [-0.39, 0.29) is 30.9 Å². The van der Waals surface area contributed by atoms with Crippen LogP contribution in [0.5, 0.6) is 0 Å². The summed E-state index contributed by atoms with van der Waals surface area (Å²) < 4.78 is 64.0. The van der Waals surface area contributed by atoms with Gasteiger partial charge in [0, 0.05) is 25.1 Å². The number of nitrogens with two attached hydrogens (primary N) is 1. The van der Waals surface area contributed by atoms with Gasteiger partial charge in [-0.25, -0.2) is 26.3 Å². The number of hydrogen-bond donors (Lipinski definition) is 3. The van der Waals surface area contributed by atoms with Gasteiger partial charge in [-0.2, -0.15) is 0 Å². The summed E-state index contributed by atoms with van der Waals surface area (Å²) in [5, 5.41) is 6.86. The molecule has 0 unspecified atom stereocenters. The molecule has 5 nitrogen and oxygen atoms in total. The Morgan fingerprint density at radius 2 is 1.78 bits per heavy atom. The molecule has 0 heterocycles. The molecule has 0 spiro atoms. The fraction of sp³-hybridized carbons (Fsp3) is 0.222. The van der Waals surface area contributed by atoms with Crippen LogP contribution in [0.15, 0.2) is 17.0 Å². The van der Waals surface area contributed by atoms with Gasteiger partial charge in [-0.05, 0) is 0 Å². The smallest absolute Gasteiger partial charge is 0.246 e. The summed E-state index contributed by atoms with van der Waals surface area (Å²) in [5.74, 6) is -4.55. The molecule has 4 N–H and O–H groups in total. The monoisotopic (exact) mass is 281 g/mol. The average molecular weight is 281 g/mol. The third-order valence-electron chi connectivity index (χ3n) is 1.92. The van der Waals surface area contributed by atoms with Crippen molar-refractivity contribution in [3.63, 3.8) is 0 Å². The largest absolute Gasteiger partial charge is 0.388 e. The van der Waals surface area contributed by atoms with Crippen LogP contribution < -0.4 is 10.5 Å². The fourth-order valence-corrected chi connectivity index (χ4v) is 2.32. The lowest BCUT2D eigenvalue weighted by atomic mass is 10.3. The Labute approximate surface area is 101 Å². The molecular weight excluding hydrogens is 271 g/mol. The van der Waals surface area contributed by atoms with E-state index >= 15 is 0 Å². The lowest BCUT2D eigenvalue weighted by molar-refractivity contribution is 0.494. The molecule has 18 heavy (non-hydrogen) atoms. The van der Waals surface area contributed by atoms with E-state index in [0.717, 1.165) is 0 Å². The number of halogens is 3. The minimum Gasteiger partial charge on any atom is -0.388 e. The minimum atomic E-state index is -4.45. The van der Waals surface area contributed by atoms with E-state index < -0.39 is 32.4 Å². The molecule has 0 aliphatic rings. The highest BCUT2D eigenvalue weighted by Gasteiger charge is 2.24. The summed E-state index contributed by atoms with van der Waals surface area (Å²) in [5.41, 5.74) is 4.99. The van der Waals surface area contributed by atoms with Crippen LogP contribution in [0.3, 0.4) is 0 Å². The maximum absolute atomic E-state index is 13.2. The number of rotatable bonds is 5. The lowest BCUT2D eigenvalue weighted by Crippen LogP contribution is -2.29. The topological polar surface area (TPSA) is 96.0 Å². The summed E-state index contributed by atoms with van der Waals surface area (Å²) in [6.45, 7) is -0.284. The van der Waals surface area contributed by atoms with Gasteiger partial charge < -0.3 is 5.73 Å². The molecule has 100 valence electrons. The van der Waals surface area contributed by atoms with Crippen molar-refractivity contribution in [2.75, 3.05) is 6.54 Å². The number of benzene rings is 1. The zero-order valence-corrected chi connectivity index (χ0v) is 9.82. The zero-order chi connectivity index (χ0) is 13.9. The highest BCUT2D eigenvalue weighted by molar-refractivity contribution is 7.89. The average Bonchev–Trinajstić information content (AvgIpc) is 2.13. The van der Waals surface area contributed by atoms with Crippen LogP contribution in [0.4, 0.5) is 13.2 Å². The van der Waals surface area contributed by atoms with Gasteiger partial charge in [0.05, 0.1) is 5.84 Å².